The molecule has 0 bridgehead atoms. The zero-order chi connectivity index (χ0) is 24.9. The number of carbonyl (C=O) groups is 1. The maximum Gasteiger partial charge on any atom is 0.330 e. The summed E-state index contributed by atoms with van der Waals surface area (Å²) in [6, 6.07) is 9.86. The number of unbranched alkanes of at least 4 members (excludes halogenated alkanes) is 2. The summed E-state index contributed by atoms with van der Waals surface area (Å²) in [6.07, 6.45) is 5.12. The molecule has 0 atom stereocenters. The fourth-order valence-corrected chi connectivity index (χ4v) is 4.88. The highest BCUT2D eigenvalue weighted by Gasteiger charge is 2.25. The molecule has 0 saturated heterocycles. The van der Waals surface area contributed by atoms with Crippen molar-refractivity contribution < 1.29 is 4.79 Å². The number of H-pyrrole nitrogens is 1. The average Bonchev–Trinajstić information content (AvgIpc) is 3.43. The number of anilines is 2. The number of benzene rings is 1. The smallest absolute Gasteiger partial charge is 0.330 e. The second-order valence-electron chi connectivity index (χ2n) is 8.45. The number of hydrogen-bond acceptors (Lipinski definition) is 6. The van der Waals surface area contributed by atoms with Gasteiger partial charge < -0.3 is 10.6 Å². The van der Waals surface area contributed by atoms with Crippen molar-refractivity contribution in [3.8, 4) is 11.3 Å². The summed E-state index contributed by atoms with van der Waals surface area (Å²) in [5.41, 5.74) is 7.75. The van der Waals surface area contributed by atoms with Crippen molar-refractivity contribution in [3.63, 3.8) is 0 Å². The summed E-state index contributed by atoms with van der Waals surface area (Å²) >= 11 is 1.46. The minimum absolute atomic E-state index is 0.0288. The number of nitrogens with two attached hydrogens (primary N) is 1. The molecule has 4 rings (SSSR count). The molecular weight excluding hydrogens is 464 g/mol. The molecule has 184 valence electrons. The molecule has 0 aliphatic heterocycles. The molecule has 0 spiro atoms. The number of hydrogen-bond donors (Lipinski definition) is 2. The van der Waals surface area contributed by atoms with Gasteiger partial charge in [0.2, 0.25) is 5.91 Å². The van der Waals surface area contributed by atoms with Crippen LogP contribution in [0.2, 0.25) is 0 Å². The number of aromatic nitrogens is 4. The Hall–Kier alpha value is -3.66. The molecule has 0 radical (unpaired) electrons. The monoisotopic (exact) mass is 494 g/mol. The van der Waals surface area contributed by atoms with Crippen molar-refractivity contribution in [2.45, 2.75) is 52.5 Å². The zero-order valence-electron chi connectivity index (χ0n) is 20.0. The lowest BCUT2D eigenvalue weighted by atomic mass is 10.2. The second kappa shape index (κ2) is 10.7. The van der Waals surface area contributed by atoms with Crippen LogP contribution < -0.4 is 21.9 Å². The summed E-state index contributed by atoms with van der Waals surface area (Å²) in [4.78, 5) is 48.0. The van der Waals surface area contributed by atoms with E-state index in [1.54, 1.807) is 0 Å². The predicted molar refractivity (Wildman–Crippen MR) is 140 cm³/mol. The Bertz CT molecular complexity index is 1430. The van der Waals surface area contributed by atoms with Gasteiger partial charge in [0.15, 0.2) is 10.6 Å². The van der Waals surface area contributed by atoms with Crippen LogP contribution in [0, 0.1) is 0 Å². The van der Waals surface area contributed by atoms with Gasteiger partial charge in [-0.2, -0.15) is 0 Å². The van der Waals surface area contributed by atoms with E-state index in [2.05, 4.69) is 9.97 Å². The van der Waals surface area contributed by atoms with Crippen LogP contribution in [0.15, 0.2) is 51.5 Å². The van der Waals surface area contributed by atoms with Crippen molar-refractivity contribution >= 4 is 33.7 Å². The van der Waals surface area contributed by atoms with Gasteiger partial charge in [0, 0.05) is 35.9 Å². The Morgan fingerprint density at radius 1 is 1.14 bits per heavy atom. The van der Waals surface area contributed by atoms with Crippen LogP contribution in [0.3, 0.4) is 0 Å². The molecule has 1 amide bonds. The lowest BCUT2D eigenvalue weighted by Gasteiger charge is -2.24. The maximum absolute atomic E-state index is 13.6. The van der Waals surface area contributed by atoms with Crippen LogP contribution in [0.5, 0.6) is 0 Å². The van der Waals surface area contributed by atoms with Crippen molar-refractivity contribution in [1.29, 1.82) is 0 Å². The molecule has 0 aliphatic rings. The minimum atomic E-state index is -0.644. The Balaban J connectivity index is 1.68. The Kier molecular flexibility index (Phi) is 7.50. The SMILES string of the molecule is CCCCN(C(=O)Cc1csc2nc(-c3ccccc3)cn12)c1c(N)n(CCCC)c(=O)[nH]c1=O. The van der Waals surface area contributed by atoms with Gasteiger partial charge in [-0.15, -0.1) is 11.3 Å². The molecular formula is C25H30N6O3S. The lowest BCUT2D eigenvalue weighted by Crippen LogP contribution is -2.42. The molecule has 0 unspecified atom stereocenters. The fraction of sp³-hybridized carbons (Fsp3) is 0.360. The molecule has 3 heterocycles. The molecule has 1 aromatic carbocycles. The summed E-state index contributed by atoms with van der Waals surface area (Å²) in [7, 11) is 0. The third-order valence-corrected chi connectivity index (χ3v) is 6.83. The quantitative estimate of drug-likeness (QED) is 0.349. The first-order chi connectivity index (χ1) is 16.9. The maximum atomic E-state index is 13.6. The first-order valence-corrected chi connectivity index (χ1v) is 12.8. The van der Waals surface area contributed by atoms with Gasteiger partial charge in [-0.3, -0.25) is 23.5 Å². The van der Waals surface area contributed by atoms with Crippen molar-refractivity contribution in [3.05, 3.63) is 68.4 Å². The van der Waals surface area contributed by atoms with Gasteiger partial charge in [-0.05, 0) is 12.8 Å². The Morgan fingerprint density at radius 2 is 1.89 bits per heavy atom. The number of rotatable bonds is 10. The second-order valence-corrected chi connectivity index (χ2v) is 9.28. The van der Waals surface area contributed by atoms with Gasteiger partial charge in [-0.25, -0.2) is 9.78 Å². The van der Waals surface area contributed by atoms with Gasteiger partial charge in [0.25, 0.3) is 5.56 Å². The fourth-order valence-electron chi connectivity index (χ4n) is 4.01. The van der Waals surface area contributed by atoms with Crippen LogP contribution in [0.1, 0.15) is 45.2 Å². The number of carbonyl (C=O) groups excluding carboxylic acids is 1. The van der Waals surface area contributed by atoms with E-state index >= 15 is 0 Å². The minimum Gasteiger partial charge on any atom is -0.383 e. The molecule has 3 aromatic heterocycles. The first-order valence-electron chi connectivity index (χ1n) is 11.9. The third kappa shape index (κ3) is 5.07. The number of nitrogens with one attached hydrogen (secondary N) is 1. The molecule has 4 aromatic rings. The number of aromatic amines is 1. The number of nitrogens with zero attached hydrogens (tertiary/aromatic N) is 4. The zero-order valence-corrected chi connectivity index (χ0v) is 20.8. The van der Waals surface area contributed by atoms with Gasteiger partial charge in [0.05, 0.1) is 12.1 Å². The molecule has 35 heavy (non-hydrogen) atoms. The summed E-state index contributed by atoms with van der Waals surface area (Å²) in [6.45, 7) is 4.73. The topological polar surface area (TPSA) is 118 Å². The van der Waals surface area contributed by atoms with Crippen LogP contribution in [-0.2, 0) is 17.8 Å². The molecule has 3 N–H and O–H groups in total. The molecule has 10 heteroatoms. The third-order valence-electron chi connectivity index (χ3n) is 5.94. The van der Waals surface area contributed by atoms with Crippen molar-refractivity contribution in [1.82, 2.24) is 18.9 Å². The van der Waals surface area contributed by atoms with Crippen LogP contribution in [0.25, 0.3) is 16.2 Å². The average molecular weight is 495 g/mol. The molecule has 0 aliphatic carbocycles. The standard InChI is InChI=1S/C25H30N6O3S/c1-3-5-12-29(21-22(26)30(13-6-4-2)24(34)28-23(21)33)20(32)14-18-16-35-25-27-19(15-31(18)25)17-10-8-7-9-11-17/h7-11,15-16H,3-6,12-14,26H2,1-2H3,(H,28,33,34). The van der Waals surface area contributed by atoms with Gasteiger partial charge >= 0.3 is 5.69 Å². The van der Waals surface area contributed by atoms with Gasteiger partial charge in [0.1, 0.15) is 5.82 Å². The van der Waals surface area contributed by atoms with E-state index < -0.39 is 11.2 Å². The highest BCUT2D eigenvalue weighted by Crippen LogP contribution is 2.25. The molecule has 9 nitrogen and oxygen atoms in total. The molecule has 0 fully saturated rings. The van der Waals surface area contributed by atoms with E-state index in [1.807, 2.05) is 60.2 Å². The van der Waals surface area contributed by atoms with Crippen LogP contribution in [-0.4, -0.2) is 31.4 Å². The van der Waals surface area contributed by atoms with E-state index in [1.165, 1.54) is 20.8 Å². The lowest BCUT2D eigenvalue weighted by molar-refractivity contribution is -0.118. The summed E-state index contributed by atoms with van der Waals surface area (Å²) in [5, 5.41) is 1.91. The number of fused-ring (bicyclic) bond motifs is 1. The van der Waals surface area contributed by atoms with Crippen LogP contribution >= 0.6 is 11.3 Å². The predicted octanol–water partition coefficient (Wildman–Crippen LogP) is 3.67. The van der Waals surface area contributed by atoms with Crippen molar-refractivity contribution in [2.75, 3.05) is 17.2 Å². The Labute approximate surface area is 206 Å². The number of thiazole rings is 1. The van der Waals surface area contributed by atoms with Crippen molar-refractivity contribution in [2.24, 2.45) is 0 Å². The normalized spacial score (nSPS) is 11.3. The molecule has 0 saturated carbocycles. The van der Waals surface area contributed by atoms with E-state index in [0.29, 0.717) is 19.5 Å². The number of amides is 1. The van der Waals surface area contributed by atoms with Crippen LogP contribution in [0.4, 0.5) is 11.5 Å². The largest absolute Gasteiger partial charge is 0.383 e. The van der Waals surface area contributed by atoms with E-state index in [4.69, 9.17) is 5.73 Å². The van der Waals surface area contributed by atoms with Gasteiger partial charge in [-0.1, -0.05) is 57.0 Å². The van der Waals surface area contributed by atoms with E-state index in [-0.39, 0.29) is 23.8 Å². The Morgan fingerprint density at radius 3 is 2.60 bits per heavy atom. The summed E-state index contributed by atoms with van der Waals surface area (Å²) < 4.78 is 3.26. The highest BCUT2D eigenvalue weighted by molar-refractivity contribution is 7.15. The van der Waals surface area contributed by atoms with E-state index in [0.717, 1.165) is 41.2 Å². The number of imidazole rings is 1. The van der Waals surface area contributed by atoms with E-state index in [9.17, 15) is 14.4 Å². The first kappa shape index (κ1) is 24.5. The summed E-state index contributed by atoms with van der Waals surface area (Å²) in [5.74, 6) is -0.230. The highest BCUT2D eigenvalue weighted by atomic mass is 32.1. The number of nitrogen functional groups attached to an aromatic ring is 1.